The molecule has 0 bridgehead atoms. The highest BCUT2D eigenvalue weighted by molar-refractivity contribution is 6.15. The number of hydrogen-bond donors (Lipinski definition) is 1. The van der Waals surface area contributed by atoms with E-state index < -0.39 is 0 Å². The van der Waals surface area contributed by atoms with Gasteiger partial charge in [-0.25, -0.2) is 0 Å². The van der Waals surface area contributed by atoms with Gasteiger partial charge in [0.05, 0.1) is 12.1 Å². The molecule has 0 aromatic heterocycles. The standard InChI is InChI=1S/C13H15N3O2/c1-2-6-12(17)14-11-9-13(18)16(15-11)10-7-4-3-5-8-10/h3-5,7-8H,2,6,9H2,1H3,(H,14,15,17). The largest absolute Gasteiger partial charge is 0.312 e. The Labute approximate surface area is 105 Å². The number of benzene rings is 1. The van der Waals surface area contributed by atoms with Crippen molar-refractivity contribution in [1.29, 1.82) is 0 Å². The molecule has 0 fully saturated rings. The molecule has 0 atom stereocenters. The molecular formula is C13H15N3O2. The summed E-state index contributed by atoms with van der Waals surface area (Å²) in [5.74, 6) is 0.189. The van der Waals surface area contributed by atoms with Crippen molar-refractivity contribution in [1.82, 2.24) is 5.32 Å². The first kappa shape index (κ1) is 12.3. The van der Waals surface area contributed by atoms with Crippen molar-refractivity contribution in [3.8, 4) is 0 Å². The molecule has 1 N–H and O–H groups in total. The van der Waals surface area contributed by atoms with Gasteiger partial charge in [-0.2, -0.15) is 10.1 Å². The zero-order valence-corrected chi connectivity index (χ0v) is 10.2. The lowest BCUT2D eigenvalue weighted by atomic mass is 10.3. The van der Waals surface area contributed by atoms with Crippen LogP contribution in [0.1, 0.15) is 26.2 Å². The number of nitrogens with zero attached hydrogens (tertiary/aromatic N) is 2. The van der Waals surface area contributed by atoms with Gasteiger partial charge in [-0.05, 0) is 18.6 Å². The summed E-state index contributed by atoms with van der Waals surface area (Å²) in [6.45, 7) is 1.93. The number of rotatable bonds is 3. The number of carbonyl (C=O) groups excluding carboxylic acids is 2. The second-order valence-corrected chi connectivity index (χ2v) is 4.06. The summed E-state index contributed by atoms with van der Waals surface area (Å²) in [5, 5.41) is 8.11. The Hall–Kier alpha value is -2.17. The molecule has 0 unspecified atom stereocenters. The normalized spacial score (nSPS) is 14.6. The molecule has 0 spiro atoms. The van der Waals surface area contributed by atoms with Crippen molar-refractivity contribution >= 4 is 23.3 Å². The Morgan fingerprint density at radius 2 is 2.11 bits per heavy atom. The molecule has 0 aliphatic carbocycles. The molecule has 2 amide bonds. The highest BCUT2D eigenvalue weighted by Crippen LogP contribution is 2.19. The van der Waals surface area contributed by atoms with Crippen molar-refractivity contribution < 1.29 is 9.59 Å². The fourth-order valence-electron chi connectivity index (χ4n) is 1.72. The van der Waals surface area contributed by atoms with E-state index in [0.717, 1.165) is 6.42 Å². The summed E-state index contributed by atoms with van der Waals surface area (Å²) in [7, 11) is 0. The van der Waals surface area contributed by atoms with Crippen LogP contribution in [-0.4, -0.2) is 17.6 Å². The maximum Gasteiger partial charge on any atom is 0.255 e. The van der Waals surface area contributed by atoms with Crippen LogP contribution in [0, 0.1) is 0 Å². The van der Waals surface area contributed by atoms with E-state index in [2.05, 4.69) is 10.4 Å². The second-order valence-electron chi connectivity index (χ2n) is 4.06. The maximum atomic E-state index is 11.8. The number of amidine groups is 1. The fourth-order valence-corrected chi connectivity index (χ4v) is 1.72. The molecule has 0 saturated heterocycles. The molecule has 18 heavy (non-hydrogen) atoms. The number of anilines is 1. The lowest BCUT2D eigenvalue weighted by Gasteiger charge is -2.10. The van der Waals surface area contributed by atoms with Gasteiger partial charge in [-0.1, -0.05) is 25.1 Å². The number of para-hydroxylation sites is 1. The van der Waals surface area contributed by atoms with E-state index in [1.165, 1.54) is 5.01 Å². The Bertz CT molecular complexity index is 482. The molecule has 0 saturated carbocycles. The third kappa shape index (κ3) is 2.74. The van der Waals surface area contributed by atoms with E-state index in [4.69, 9.17) is 0 Å². The minimum absolute atomic E-state index is 0.0982. The minimum Gasteiger partial charge on any atom is -0.312 e. The Morgan fingerprint density at radius 3 is 2.78 bits per heavy atom. The average Bonchev–Trinajstić information content (AvgIpc) is 2.71. The van der Waals surface area contributed by atoms with Gasteiger partial charge in [0.1, 0.15) is 5.84 Å². The summed E-state index contributed by atoms with van der Waals surface area (Å²) in [4.78, 5) is 23.2. The van der Waals surface area contributed by atoms with E-state index >= 15 is 0 Å². The van der Waals surface area contributed by atoms with Crippen LogP contribution in [0.4, 0.5) is 5.69 Å². The fraction of sp³-hybridized carbons (Fsp3) is 0.308. The molecule has 5 nitrogen and oxygen atoms in total. The van der Waals surface area contributed by atoms with Gasteiger partial charge in [0.2, 0.25) is 5.91 Å². The van der Waals surface area contributed by atoms with Gasteiger partial charge in [-0.3, -0.25) is 9.59 Å². The van der Waals surface area contributed by atoms with Gasteiger partial charge in [0.25, 0.3) is 5.91 Å². The predicted octanol–water partition coefficient (Wildman–Crippen LogP) is 1.65. The van der Waals surface area contributed by atoms with Gasteiger partial charge in [0, 0.05) is 6.42 Å². The summed E-state index contributed by atoms with van der Waals surface area (Å²) >= 11 is 0. The molecule has 0 radical (unpaired) electrons. The van der Waals surface area contributed by atoms with E-state index in [-0.39, 0.29) is 18.2 Å². The average molecular weight is 245 g/mol. The van der Waals surface area contributed by atoms with Gasteiger partial charge in [0.15, 0.2) is 0 Å². The van der Waals surface area contributed by atoms with Crippen LogP contribution in [0.25, 0.3) is 0 Å². The van der Waals surface area contributed by atoms with Crippen molar-refractivity contribution in [3.63, 3.8) is 0 Å². The number of nitrogens with one attached hydrogen (secondary N) is 1. The van der Waals surface area contributed by atoms with Crippen molar-refractivity contribution in [2.45, 2.75) is 26.2 Å². The summed E-state index contributed by atoms with van der Waals surface area (Å²) in [6.07, 6.45) is 1.36. The third-order valence-corrected chi connectivity index (χ3v) is 2.54. The zero-order valence-electron chi connectivity index (χ0n) is 10.2. The Balaban J connectivity index is 2.08. The lowest BCUT2D eigenvalue weighted by molar-refractivity contribution is -0.119. The number of hydrazone groups is 1. The second kappa shape index (κ2) is 5.44. The zero-order chi connectivity index (χ0) is 13.0. The number of amides is 2. The maximum absolute atomic E-state index is 11.8. The summed E-state index contributed by atoms with van der Waals surface area (Å²) in [5.41, 5.74) is 0.710. The highest BCUT2D eigenvalue weighted by atomic mass is 16.2. The van der Waals surface area contributed by atoms with Crippen LogP contribution in [0.5, 0.6) is 0 Å². The smallest absolute Gasteiger partial charge is 0.255 e. The van der Waals surface area contributed by atoms with Gasteiger partial charge >= 0.3 is 0 Å². The molecular weight excluding hydrogens is 230 g/mol. The molecule has 94 valence electrons. The van der Waals surface area contributed by atoms with Crippen LogP contribution >= 0.6 is 0 Å². The first-order valence-electron chi connectivity index (χ1n) is 5.96. The molecule has 1 aliphatic heterocycles. The highest BCUT2D eigenvalue weighted by Gasteiger charge is 2.25. The first-order valence-corrected chi connectivity index (χ1v) is 5.96. The molecule has 5 heteroatoms. The Morgan fingerprint density at radius 1 is 1.39 bits per heavy atom. The third-order valence-electron chi connectivity index (χ3n) is 2.54. The van der Waals surface area contributed by atoms with E-state index in [1.54, 1.807) is 12.1 Å². The van der Waals surface area contributed by atoms with Gasteiger partial charge < -0.3 is 5.32 Å². The molecule has 1 aliphatic rings. The van der Waals surface area contributed by atoms with E-state index in [0.29, 0.717) is 17.9 Å². The predicted molar refractivity (Wildman–Crippen MR) is 69.0 cm³/mol. The number of hydrogen-bond acceptors (Lipinski definition) is 3. The van der Waals surface area contributed by atoms with Crippen molar-refractivity contribution in [2.75, 3.05) is 5.01 Å². The topological polar surface area (TPSA) is 61.8 Å². The lowest BCUT2D eigenvalue weighted by Crippen LogP contribution is -2.29. The van der Waals surface area contributed by atoms with E-state index in [1.807, 2.05) is 25.1 Å². The van der Waals surface area contributed by atoms with Crippen molar-refractivity contribution in [3.05, 3.63) is 30.3 Å². The van der Waals surface area contributed by atoms with Crippen LogP contribution in [0.15, 0.2) is 35.4 Å². The number of carbonyl (C=O) groups is 2. The van der Waals surface area contributed by atoms with Crippen molar-refractivity contribution in [2.24, 2.45) is 5.10 Å². The first-order chi connectivity index (χ1) is 8.70. The summed E-state index contributed by atoms with van der Waals surface area (Å²) in [6, 6.07) is 9.16. The minimum atomic E-state index is -0.131. The monoisotopic (exact) mass is 245 g/mol. The van der Waals surface area contributed by atoms with E-state index in [9.17, 15) is 9.59 Å². The van der Waals surface area contributed by atoms with Crippen LogP contribution in [-0.2, 0) is 9.59 Å². The molecule has 1 aromatic rings. The Kier molecular flexibility index (Phi) is 3.72. The van der Waals surface area contributed by atoms with Crippen LogP contribution in [0.2, 0.25) is 0 Å². The summed E-state index contributed by atoms with van der Waals surface area (Å²) < 4.78 is 0. The molecule has 1 aromatic carbocycles. The molecule has 2 rings (SSSR count). The van der Waals surface area contributed by atoms with Gasteiger partial charge in [-0.15, -0.1) is 0 Å². The molecule has 1 heterocycles. The SMILES string of the molecule is CCCC(=O)NC1=NN(c2ccccc2)C(=O)C1. The van der Waals surface area contributed by atoms with Crippen LogP contribution in [0.3, 0.4) is 0 Å². The quantitative estimate of drug-likeness (QED) is 0.880. The van der Waals surface area contributed by atoms with Crippen LogP contribution < -0.4 is 10.3 Å².